The van der Waals surface area contributed by atoms with E-state index in [2.05, 4.69) is 40.7 Å². The van der Waals surface area contributed by atoms with Crippen molar-refractivity contribution in [2.45, 2.75) is 98.5 Å². The van der Waals surface area contributed by atoms with Gasteiger partial charge in [-0.25, -0.2) is 0 Å². The van der Waals surface area contributed by atoms with Crippen molar-refractivity contribution in [2.24, 2.45) is 34.5 Å². The van der Waals surface area contributed by atoms with Gasteiger partial charge in [-0.15, -0.1) is 0 Å². The Morgan fingerprint density at radius 2 is 1.93 bits per heavy atom. The second-order valence-corrected chi connectivity index (χ2v) is 11.3. The Morgan fingerprint density at radius 1 is 1.17 bits per heavy atom. The van der Waals surface area contributed by atoms with Crippen LogP contribution in [0.2, 0.25) is 0 Å². The highest BCUT2D eigenvalue weighted by atomic mass is 16.5. The zero-order chi connectivity index (χ0) is 21.0. The molecule has 3 nitrogen and oxygen atoms in total. The molecule has 1 heterocycles. The molecule has 1 N–H and O–H groups in total. The number of carbonyl (C=O) groups is 1. The molecule has 4 rings (SSSR count). The average molecular weight is 401 g/mol. The highest BCUT2D eigenvalue weighted by Crippen LogP contribution is 2.63. The summed E-state index contributed by atoms with van der Waals surface area (Å²) < 4.78 is 6.05. The van der Waals surface area contributed by atoms with Crippen LogP contribution in [-0.2, 0) is 9.53 Å². The van der Waals surface area contributed by atoms with E-state index in [0.29, 0.717) is 18.3 Å². The van der Waals surface area contributed by atoms with Gasteiger partial charge in [0.05, 0.1) is 12.0 Å². The Hall–Kier alpha value is -1.09. The maximum atomic E-state index is 13.0. The number of ether oxygens (including phenoxy) is 1. The van der Waals surface area contributed by atoms with Gasteiger partial charge in [0.25, 0.3) is 0 Å². The zero-order valence-electron chi connectivity index (χ0n) is 19.1. The molecule has 1 fully saturated rings. The number of carbonyl (C=O) groups excluding carboxylic acids is 1. The lowest BCUT2D eigenvalue weighted by Gasteiger charge is -2.51. The lowest BCUT2D eigenvalue weighted by molar-refractivity contribution is -0.156. The summed E-state index contributed by atoms with van der Waals surface area (Å²) >= 11 is 0. The molecule has 6 atom stereocenters. The van der Waals surface area contributed by atoms with Crippen molar-refractivity contribution in [3.05, 3.63) is 23.0 Å². The van der Waals surface area contributed by atoms with E-state index in [1.54, 1.807) is 0 Å². The molecule has 0 aromatic carbocycles. The van der Waals surface area contributed by atoms with Crippen molar-refractivity contribution >= 4 is 5.97 Å². The van der Waals surface area contributed by atoms with Crippen molar-refractivity contribution in [1.29, 1.82) is 0 Å². The minimum atomic E-state index is -0.363. The SMILES string of the molecule is CC(C)CCC[C@@H](C)[C@H]1CC=C2C3=C(CCC21C)C1(C)CCC(O)C[C@@H]1C(=O)O3. The molecule has 0 spiro atoms. The second-order valence-electron chi connectivity index (χ2n) is 11.3. The molecule has 0 amide bonds. The van der Waals surface area contributed by atoms with Gasteiger partial charge in [-0.05, 0) is 72.8 Å². The number of hydrogen-bond donors (Lipinski definition) is 1. The maximum absolute atomic E-state index is 13.0. The second kappa shape index (κ2) is 7.55. The topological polar surface area (TPSA) is 46.5 Å². The smallest absolute Gasteiger partial charge is 0.315 e. The van der Waals surface area contributed by atoms with Crippen LogP contribution in [0.3, 0.4) is 0 Å². The molecule has 1 aliphatic heterocycles. The van der Waals surface area contributed by atoms with E-state index in [1.165, 1.54) is 36.8 Å². The van der Waals surface area contributed by atoms with Crippen LogP contribution in [0.5, 0.6) is 0 Å². The van der Waals surface area contributed by atoms with E-state index in [9.17, 15) is 9.90 Å². The summed E-state index contributed by atoms with van der Waals surface area (Å²) in [5.74, 6) is 2.77. The Kier molecular flexibility index (Phi) is 5.51. The van der Waals surface area contributed by atoms with Gasteiger partial charge >= 0.3 is 5.97 Å². The average Bonchev–Trinajstić information content (AvgIpc) is 3.00. The third kappa shape index (κ3) is 3.42. The summed E-state index contributed by atoms with van der Waals surface area (Å²) in [6, 6.07) is 0. The van der Waals surface area contributed by atoms with E-state index in [-0.39, 0.29) is 28.8 Å². The molecule has 3 heteroatoms. The fraction of sp³-hybridized carbons (Fsp3) is 0.808. The van der Waals surface area contributed by atoms with Crippen molar-refractivity contribution in [3.8, 4) is 0 Å². The van der Waals surface area contributed by atoms with Gasteiger partial charge in [0.2, 0.25) is 0 Å². The number of esters is 1. The number of aliphatic hydroxyl groups excluding tert-OH is 1. The Labute approximate surface area is 177 Å². The van der Waals surface area contributed by atoms with Crippen LogP contribution in [-0.4, -0.2) is 17.2 Å². The van der Waals surface area contributed by atoms with Crippen molar-refractivity contribution < 1.29 is 14.6 Å². The van der Waals surface area contributed by atoms with Gasteiger partial charge in [-0.3, -0.25) is 4.79 Å². The molecule has 4 aliphatic rings. The summed E-state index contributed by atoms with van der Waals surface area (Å²) in [5.41, 5.74) is 2.69. The van der Waals surface area contributed by atoms with E-state index in [0.717, 1.165) is 37.4 Å². The lowest BCUT2D eigenvalue weighted by atomic mass is 9.55. The third-order valence-electron chi connectivity index (χ3n) is 9.00. The fourth-order valence-corrected chi connectivity index (χ4v) is 7.02. The zero-order valence-corrected chi connectivity index (χ0v) is 19.1. The molecule has 3 aliphatic carbocycles. The summed E-state index contributed by atoms with van der Waals surface area (Å²) in [6.45, 7) is 11.7. The standard InChI is InChI=1S/C26H40O3/c1-16(2)7-6-8-17(3)19-9-10-20-23-21(12-14-25(19,20)4)26(5)13-11-18(27)15-22(26)24(28)29-23/h10,16-19,22,27H,6-9,11-15H2,1-5H3/t17-,18?,19-,22-,25?,26?/m1/s1. The van der Waals surface area contributed by atoms with Crippen LogP contribution in [0.1, 0.15) is 92.4 Å². The fourth-order valence-electron chi connectivity index (χ4n) is 7.02. The molecule has 0 aromatic heterocycles. The van der Waals surface area contributed by atoms with Crippen LogP contribution in [0.15, 0.2) is 23.0 Å². The number of hydrogen-bond acceptors (Lipinski definition) is 3. The molecule has 0 bridgehead atoms. The maximum Gasteiger partial charge on any atom is 0.315 e. The predicted octanol–water partition coefficient (Wildman–Crippen LogP) is 6.17. The summed E-state index contributed by atoms with van der Waals surface area (Å²) in [4.78, 5) is 13.0. The van der Waals surface area contributed by atoms with Crippen molar-refractivity contribution in [1.82, 2.24) is 0 Å². The highest BCUT2D eigenvalue weighted by molar-refractivity contribution is 5.79. The van der Waals surface area contributed by atoms with Gasteiger partial charge in [-0.1, -0.05) is 60.0 Å². The van der Waals surface area contributed by atoms with Gasteiger partial charge in [0.1, 0.15) is 5.76 Å². The van der Waals surface area contributed by atoms with Crippen LogP contribution in [0, 0.1) is 34.5 Å². The van der Waals surface area contributed by atoms with E-state index in [1.807, 2.05) is 0 Å². The highest BCUT2D eigenvalue weighted by Gasteiger charge is 2.56. The minimum Gasteiger partial charge on any atom is -0.426 e. The van der Waals surface area contributed by atoms with Crippen LogP contribution < -0.4 is 0 Å². The molecule has 0 aromatic rings. The first-order chi connectivity index (χ1) is 13.7. The predicted molar refractivity (Wildman–Crippen MR) is 116 cm³/mol. The Balaban J connectivity index is 1.58. The van der Waals surface area contributed by atoms with Crippen LogP contribution >= 0.6 is 0 Å². The van der Waals surface area contributed by atoms with E-state index in [4.69, 9.17) is 4.74 Å². The number of rotatable bonds is 5. The van der Waals surface area contributed by atoms with Crippen LogP contribution in [0.25, 0.3) is 0 Å². The monoisotopic (exact) mass is 400 g/mol. The lowest BCUT2D eigenvalue weighted by Crippen LogP contribution is -2.48. The molecule has 162 valence electrons. The molecule has 3 unspecified atom stereocenters. The first kappa shape index (κ1) is 21.2. The largest absolute Gasteiger partial charge is 0.426 e. The first-order valence-electron chi connectivity index (χ1n) is 12.0. The van der Waals surface area contributed by atoms with Gasteiger partial charge < -0.3 is 9.84 Å². The van der Waals surface area contributed by atoms with E-state index < -0.39 is 0 Å². The van der Waals surface area contributed by atoms with Crippen molar-refractivity contribution in [3.63, 3.8) is 0 Å². The van der Waals surface area contributed by atoms with E-state index >= 15 is 0 Å². The molecular formula is C26H40O3. The van der Waals surface area contributed by atoms with Gasteiger partial charge in [-0.2, -0.15) is 0 Å². The minimum absolute atomic E-state index is 0.108. The van der Waals surface area contributed by atoms with Crippen molar-refractivity contribution in [2.75, 3.05) is 0 Å². The Bertz CT molecular complexity index is 732. The van der Waals surface area contributed by atoms with Gasteiger partial charge in [0, 0.05) is 5.41 Å². The quantitative estimate of drug-likeness (QED) is 0.561. The molecular weight excluding hydrogens is 360 g/mol. The molecule has 0 saturated heterocycles. The number of fused-ring (bicyclic) bond motifs is 4. The molecule has 1 saturated carbocycles. The number of aliphatic hydroxyl groups is 1. The normalized spacial score (nSPS) is 40.2. The molecule has 0 radical (unpaired) electrons. The Morgan fingerprint density at radius 3 is 2.66 bits per heavy atom. The summed E-state index contributed by atoms with van der Waals surface area (Å²) in [5, 5.41) is 10.1. The van der Waals surface area contributed by atoms with Gasteiger partial charge in [0.15, 0.2) is 0 Å². The summed E-state index contributed by atoms with van der Waals surface area (Å²) in [7, 11) is 0. The first-order valence-corrected chi connectivity index (χ1v) is 12.0. The summed E-state index contributed by atoms with van der Waals surface area (Å²) in [6.07, 6.45) is 11.5. The van der Waals surface area contributed by atoms with Crippen LogP contribution in [0.4, 0.5) is 0 Å². The number of allylic oxidation sites excluding steroid dienone is 3. The molecule has 29 heavy (non-hydrogen) atoms. The third-order valence-corrected chi connectivity index (χ3v) is 9.00.